The molecule has 2 atom stereocenters. The molecule has 0 saturated carbocycles. The highest BCUT2D eigenvalue weighted by atomic mass is 16.3. The van der Waals surface area contributed by atoms with Gasteiger partial charge < -0.3 is 29.7 Å². The summed E-state index contributed by atoms with van der Waals surface area (Å²) in [6, 6.07) is 25.7. The third-order valence-corrected chi connectivity index (χ3v) is 10.9. The lowest BCUT2D eigenvalue weighted by atomic mass is 9.97. The van der Waals surface area contributed by atoms with Crippen LogP contribution in [0.5, 0.6) is 5.75 Å². The second kappa shape index (κ2) is 17.5. The van der Waals surface area contributed by atoms with Crippen molar-refractivity contribution in [2.24, 2.45) is 13.0 Å². The highest BCUT2D eigenvalue weighted by Crippen LogP contribution is 2.35. The lowest BCUT2D eigenvalue weighted by molar-refractivity contribution is -0.194. The fourth-order valence-electron chi connectivity index (χ4n) is 8.25. The molecule has 3 aromatic carbocycles. The van der Waals surface area contributed by atoms with Crippen molar-refractivity contribution in [3.05, 3.63) is 139 Å². The smallest absolute Gasteiger partial charge is 0.322 e. The molecule has 13 nitrogen and oxygen atoms in total. The van der Waals surface area contributed by atoms with Gasteiger partial charge in [-0.3, -0.25) is 19.9 Å². The molecule has 3 N–H and O–H groups in total. The predicted molar refractivity (Wildman–Crippen MR) is 230 cm³/mol. The minimum atomic E-state index is -0.806. The van der Waals surface area contributed by atoms with Gasteiger partial charge in [-0.15, -0.1) is 6.58 Å². The first-order chi connectivity index (χ1) is 28.4. The molecule has 2 saturated heterocycles. The highest BCUT2D eigenvalue weighted by molar-refractivity contribution is 5.98. The van der Waals surface area contributed by atoms with Crippen LogP contribution >= 0.6 is 0 Å². The first-order valence-electron chi connectivity index (χ1n) is 20.0. The zero-order valence-electron chi connectivity index (χ0n) is 34.2. The van der Waals surface area contributed by atoms with Gasteiger partial charge in [0, 0.05) is 75.6 Å². The Bertz CT molecular complexity index is 2320. The number of rotatable bonds is 14. The minimum absolute atomic E-state index is 0.0523. The molecular weight excluding hydrogens is 743 g/mol. The van der Waals surface area contributed by atoms with E-state index in [1.165, 1.54) is 0 Å². The molecule has 0 unspecified atom stereocenters. The largest absolute Gasteiger partial charge is 0.508 e. The molecule has 13 heteroatoms. The zero-order chi connectivity index (χ0) is 41.8. The Balaban J connectivity index is 1.20. The molecule has 2 fully saturated rings. The van der Waals surface area contributed by atoms with Crippen molar-refractivity contribution in [2.75, 3.05) is 38.5 Å². The molecule has 0 spiro atoms. The normalized spacial score (nSPS) is 17.0. The number of aryl methyl sites for hydroxylation is 1. The quantitative estimate of drug-likeness (QED) is 0.114. The molecule has 59 heavy (non-hydrogen) atoms. The molecule has 0 aliphatic carbocycles. The molecule has 306 valence electrons. The number of anilines is 1. The van der Waals surface area contributed by atoms with Crippen LogP contribution in [-0.2, 0) is 36.1 Å². The molecule has 2 aromatic heterocycles. The van der Waals surface area contributed by atoms with Crippen molar-refractivity contribution >= 4 is 34.6 Å². The van der Waals surface area contributed by atoms with Gasteiger partial charge in [0.2, 0.25) is 11.8 Å². The van der Waals surface area contributed by atoms with Gasteiger partial charge in [0.05, 0.1) is 18.6 Å². The van der Waals surface area contributed by atoms with Gasteiger partial charge in [-0.2, -0.15) is 0 Å². The Kier molecular flexibility index (Phi) is 12.0. The number of piperazine rings is 1. The number of aromatic hydroxyl groups is 1. The minimum Gasteiger partial charge on any atom is -0.508 e. The zero-order valence-corrected chi connectivity index (χ0v) is 34.2. The maximum Gasteiger partial charge on any atom is 0.322 e. The number of hydrogen-bond donors (Lipinski definition) is 3. The molecule has 4 amide bonds. The van der Waals surface area contributed by atoms with Crippen LogP contribution in [0.1, 0.15) is 30.5 Å². The maximum atomic E-state index is 14.8. The fraction of sp³-hybridized carbons (Fsp3) is 0.304. The number of hydrazine groups is 1. The Hall–Kier alpha value is -6.60. The van der Waals surface area contributed by atoms with Crippen molar-refractivity contribution in [3.8, 4) is 16.9 Å². The van der Waals surface area contributed by atoms with E-state index in [2.05, 4.69) is 59.5 Å². The topological polar surface area (TPSA) is 130 Å². The lowest BCUT2D eigenvalue weighted by Crippen LogP contribution is -2.75. The van der Waals surface area contributed by atoms with E-state index in [9.17, 15) is 19.5 Å². The summed E-state index contributed by atoms with van der Waals surface area (Å²) in [5.74, 6) is 1.23. The first kappa shape index (κ1) is 40.6. The summed E-state index contributed by atoms with van der Waals surface area (Å²) in [6.45, 7) is 14.7. The van der Waals surface area contributed by atoms with Crippen LogP contribution in [0.25, 0.3) is 22.0 Å². The summed E-state index contributed by atoms with van der Waals surface area (Å²) >= 11 is 0. The number of hydrogen-bond acceptors (Lipinski definition) is 8. The van der Waals surface area contributed by atoms with Crippen molar-refractivity contribution in [3.63, 3.8) is 0 Å². The summed E-state index contributed by atoms with van der Waals surface area (Å²) in [7, 11) is 3.76. The number of benzene rings is 3. The van der Waals surface area contributed by atoms with Crippen molar-refractivity contribution in [1.29, 1.82) is 0 Å². The van der Waals surface area contributed by atoms with Crippen LogP contribution in [0, 0.1) is 5.92 Å². The van der Waals surface area contributed by atoms with Gasteiger partial charge in [0.1, 0.15) is 29.6 Å². The summed E-state index contributed by atoms with van der Waals surface area (Å²) in [5.41, 5.74) is 5.69. The van der Waals surface area contributed by atoms with Gasteiger partial charge in [-0.05, 0) is 46.9 Å². The summed E-state index contributed by atoms with van der Waals surface area (Å²) in [5, 5.41) is 21.3. The number of urea groups is 1. The monoisotopic (exact) mass is 795 g/mol. The van der Waals surface area contributed by atoms with Gasteiger partial charge in [-0.1, -0.05) is 87.2 Å². The van der Waals surface area contributed by atoms with E-state index in [0.29, 0.717) is 43.7 Å². The second-order valence-corrected chi connectivity index (χ2v) is 15.8. The molecule has 5 aromatic rings. The van der Waals surface area contributed by atoms with Crippen LogP contribution in [-0.4, -0.2) is 103 Å². The molecule has 7 rings (SSSR count). The summed E-state index contributed by atoms with van der Waals surface area (Å²) < 4.78 is 2.07. The number of carbonyl (C=O) groups excluding carboxylic acids is 3. The second-order valence-electron chi connectivity index (χ2n) is 15.8. The van der Waals surface area contributed by atoms with E-state index < -0.39 is 12.2 Å². The molecular formula is C46H53N9O4. The number of phenols is 1. The van der Waals surface area contributed by atoms with Crippen LogP contribution in [0.2, 0.25) is 0 Å². The van der Waals surface area contributed by atoms with Gasteiger partial charge in [-0.25, -0.2) is 14.8 Å². The number of phenolic OH excluding ortho intramolecular Hbond substituents is 1. The van der Waals surface area contributed by atoms with Gasteiger partial charge in [0.15, 0.2) is 0 Å². The summed E-state index contributed by atoms with van der Waals surface area (Å²) in [6.07, 6.45) is 5.29. The number of para-hydroxylation sites is 1. The predicted octanol–water partition coefficient (Wildman–Crippen LogP) is 6.15. The van der Waals surface area contributed by atoms with E-state index in [0.717, 1.165) is 38.7 Å². The van der Waals surface area contributed by atoms with Crippen molar-refractivity contribution in [1.82, 2.24) is 39.6 Å². The molecule has 2 aliphatic rings. The average Bonchev–Trinajstić information content (AvgIpc) is 3.56. The SMILES string of the molecule is C=CCN1CC(=O)N2[C@@H](Cc3ccc(O)cc3)C(=O)N(Cc3cccc4c(-c5ccc(NC(=O)N(C)CC(C)C)nc5)cn(C)c34)C[C@@H]2N1C(=C)NCc1ccccc1. The van der Waals surface area contributed by atoms with Crippen LogP contribution < -0.4 is 10.6 Å². The molecule has 0 bridgehead atoms. The molecule has 2 aliphatic heterocycles. The number of carbonyl (C=O) groups is 3. The number of amides is 4. The lowest BCUT2D eigenvalue weighted by Gasteiger charge is -2.56. The van der Waals surface area contributed by atoms with E-state index in [1.807, 2.05) is 70.5 Å². The first-order valence-corrected chi connectivity index (χ1v) is 20.0. The Labute approximate surface area is 345 Å². The molecule has 0 radical (unpaired) electrons. The van der Waals surface area contributed by atoms with Crippen molar-refractivity contribution < 1.29 is 19.5 Å². The van der Waals surface area contributed by atoms with Crippen LogP contribution in [0.3, 0.4) is 0 Å². The summed E-state index contributed by atoms with van der Waals surface area (Å²) in [4.78, 5) is 51.4. The third-order valence-electron chi connectivity index (χ3n) is 10.9. The van der Waals surface area contributed by atoms with E-state index in [1.54, 1.807) is 59.5 Å². The third kappa shape index (κ3) is 8.80. The van der Waals surface area contributed by atoms with E-state index >= 15 is 0 Å². The van der Waals surface area contributed by atoms with Gasteiger partial charge in [0.25, 0.3) is 0 Å². The Morgan fingerprint density at radius 2 is 1.78 bits per heavy atom. The average molecular weight is 796 g/mol. The van der Waals surface area contributed by atoms with Crippen LogP contribution in [0.15, 0.2) is 122 Å². The number of aromatic nitrogens is 2. The standard InChI is InChI=1S/C46H53N9O4/c1-7-22-53-30-43(57)54-40(23-33-16-19-37(56)20-17-33)45(58)52(29-42(54)55(53)32(4)47-24-34-12-9-8-10-13-34)27-36-14-11-15-38-39(28-50(5)44(36)38)35-18-21-41(48-25-35)49-46(59)51(6)26-31(2)3/h7-21,25,28,31,40,42,47,56H,1,4,22-24,26-27,29-30H2,2-3,5-6H3,(H,48,49,59)/t40-,42-/m0/s1. The highest BCUT2D eigenvalue weighted by Gasteiger charge is 2.50. The Morgan fingerprint density at radius 1 is 1.02 bits per heavy atom. The van der Waals surface area contributed by atoms with E-state index in [-0.39, 0.29) is 43.1 Å². The number of nitrogens with zero attached hydrogens (tertiary/aromatic N) is 7. The fourth-order valence-corrected chi connectivity index (χ4v) is 8.25. The van der Waals surface area contributed by atoms with Crippen molar-refractivity contribution in [2.45, 2.75) is 45.6 Å². The van der Waals surface area contributed by atoms with E-state index in [4.69, 9.17) is 0 Å². The van der Waals surface area contributed by atoms with Gasteiger partial charge >= 0.3 is 6.03 Å². The molecule has 4 heterocycles. The van der Waals surface area contributed by atoms with Crippen LogP contribution in [0.4, 0.5) is 10.6 Å². The number of fused-ring (bicyclic) bond motifs is 2. The maximum absolute atomic E-state index is 14.8. The number of pyridine rings is 1. The Morgan fingerprint density at radius 3 is 2.47 bits per heavy atom. The number of nitrogens with one attached hydrogen (secondary N) is 2.